The zero-order valence-corrected chi connectivity index (χ0v) is 65.0. The third-order valence-corrected chi connectivity index (χ3v) is 23.8. The molecule has 4 saturated carbocycles. The molecule has 0 aromatic heterocycles. The van der Waals surface area contributed by atoms with Gasteiger partial charge >= 0.3 is 6.18 Å². The van der Waals surface area contributed by atoms with E-state index in [1.165, 1.54) is 101 Å². The zero-order chi connectivity index (χ0) is 77.5. The maximum Gasteiger partial charge on any atom is 0.394 e. The molecule has 12 amide bonds. The minimum atomic E-state index is -4.52. The van der Waals surface area contributed by atoms with Crippen molar-refractivity contribution in [2.45, 2.75) is 268 Å². The average molecular weight is 1490 g/mol. The number of rotatable bonds is 15. The molecule has 6 fully saturated rings. The molecule has 0 aromatic rings. The van der Waals surface area contributed by atoms with E-state index >= 15 is 28.8 Å². The van der Waals surface area contributed by atoms with E-state index in [1.54, 1.807) is 19.9 Å². The molecule has 2 bridgehead atoms. The Hall–Kier alpha value is -6.91. The summed E-state index contributed by atoms with van der Waals surface area (Å²) in [5.74, 6) is -9.92. The van der Waals surface area contributed by atoms with Crippen molar-refractivity contribution in [3.05, 3.63) is 12.2 Å². The van der Waals surface area contributed by atoms with Crippen LogP contribution in [-0.2, 0) is 67.0 Å². The number of amides is 12. The molecule has 7 rings (SSSR count). The van der Waals surface area contributed by atoms with Crippen molar-refractivity contribution in [2.24, 2.45) is 35.5 Å². The highest BCUT2D eigenvalue weighted by atomic mass is 19.4. The number of fused-ring (bicyclic) bond motifs is 3. The summed E-state index contributed by atoms with van der Waals surface area (Å²) in [5.41, 5.74) is -1.58. The number of methoxy groups -OCH3 is 1. The lowest BCUT2D eigenvalue weighted by atomic mass is 9.74. The fourth-order valence-corrected chi connectivity index (χ4v) is 17.2. The van der Waals surface area contributed by atoms with Gasteiger partial charge < -0.3 is 69.5 Å². The van der Waals surface area contributed by atoms with Gasteiger partial charge in [-0.2, -0.15) is 13.2 Å². The summed E-state index contributed by atoms with van der Waals surface area (Å²) >= 11 is 0. The van der Waals surface area contributed by atoms with Gasteiger partial charge in [-0.05, 0) is 140 Å². The number of hydrogen-bond donors (Lipinski definition) is 3. The van der Waals surface area contributed by atoms with Gasteiger partial charge in [-0.1, -0.05) is 84.8 Å². The van der Waals surface area contributed by atoms with Gasteiger partial charge in [-0.15, -0.1) is 0 Å². The summed E-state index contributed by atoms with van der Waals surface area (Å²) in [5, 5.41) is 8.83. The van der Waals surface area contributed by atoms with Crippen LogP contribution in [0.15, 0.2) is 12.2 Å². The summed E-state index contributed by atoms with van der Waals surface area (Å²) in [4.78, 5) is 193. The smallest absolute Gasteiger partial charge is 0.381 e. The van der Waals surface area contributed by atoms with Gasteiger partial charge in [0.05, 0.1) is 37.6 Å². The summed E-state index contributed by atoms with van der Waals surface area (Å²) in [6, 6.07) is -9.99. The minimum absolute atomic E-state index is 0.00209. The summed E-state index contributed by atoms with van der Waals surface area (Å²) in [6.45, 7) is 10.2. The Balaban J connectivity index is 1.32. The highest BCUT2D eigenvalue weighted by Crippen LogP contribution is 2.43. The van der Waals surface area contributed by atoms with E-state index in [0.29, 0.717) is 38.0 Å². The molecule has 3 unspecified atom stereocenters. The summed E-state index contributed by atoms with van der Waals surface area (Å²) in [6.07, 6.45) is 4.64. The van der Waals surface area contributed by atoms with Crippen LogP contribution in [0.1, 0.15) is 196 Å². The molecular weight excluding hydrogens is 1360 g/mol. The van der Waals surface area contributed by atoms with E-state index in [2.05, 4.69) is 22.9 Å². The summed E-state index contributed by atoms with van der Waals surface area (Å²) in [7, 11) is 11.4. The van der Waals surface area contributed by atoms with Crippen LogP contribution in [0.25, 0.3) is 0 Å². The lowest BCUT2D eigenvalue weighted by Gasteiger charge is -2.46. The van der Waals surface area contributed by atoms with Crippen molar-refractivity contribution in [1.29, 1.82) is 0 Å². The fraction of sp³-hybridized carbons (Fsp3) is 0.816. The van der Waals surface area contributed by atoms with E-state index in [1.807, 2.05) is 26.8 Å². The van der Waals surface area contributed by atoms with Crippen LogP contribution < -0.4 is 16.0 Å². The van der Waals surface area contributed by atoms with Crippen molar-refractivity contribution in [2.75, 3.05) is 95.8 Å². The van der Waals surface area contributed by atoms with Gasteiger partial charge in [0.1, 0.15) is 53.9 Å². The van der Waals surface area contributed by atoms with Crippen molar-refractivity contribution in [3.8, 4) is 0 Å². The lowest BCUT2D eigenvalue weighted by molar-refractivity contribution is -0.215. The molecule has 26 nitrogen and oxygen atoms in total. The van der Waals surface area contributed by atoms with Crippen LogP contribution in [0, 0.1) is 35.5 Å². The Morgan fingerprint density at radius 3 is 1.93 bits per heavy atom. The number of ether oxygens (including phenoxy) is 2. The van der Waals surface area contributed by atoms with E-state index in [4.69, 9.17) is 9.47 Å². The largest absolute Gasteiger partial charge is 0.394 e. The van der Waals surface area contributed by atoms with Gasteiger partial charge in [-0.25, -0.2) is 0 Å². The van der Waals surface area contributed by atoms with Crippen LogP contribution in [-0.4, -0.2) is 283 Å². The molecular formula is C76H123F3N12O14. The average Bonchev–Trinajstić information content (AvgIpc) is 1.69. The Morgan fingerprint density at radius 1 is 0.676 bits per heavy atom. The molecule has 1 spiro atoms. The molecule has 12 atom stereocenters. The van der Waals surface area contributed by atoms with E-state index < -0.39 is 174 Å². The quantitative estimate of drug-likeness (QED) is 0.166. The molecule has 3 aliphatic heterocycles. The second-order valence-electron chi connectivity index (χ2n) is 31.8. The van der Waals surface area contributed by atoms with Crippen LogP contribution in [0.4, 0.5) is 13.2 Å². The molecule has 3 N–H and O–H groups in total. The fourth-order valence-electron chi connectivity index (χ4n) is 17.2. The molecule has 4 aliphatic carbocycles. The van der Waals surface area contributed by atoms with Crippen LogP contribution in [0.3, 0.4) is 0 Å². The topological polar surface area (TPSA) is 289 Å². The van der Waals surface area contributed by atoms with Crippen LogP contribution in [0.2, 0.25) is 0 Å². The van der Waals surface area contributed by atoms with Gasteiger partial charge in [0.25, 0.3) is 0 Å². The minimum Gasteiger partial charge on any atom is -0.381 e. The Kier molecular flexibility index (Phi) is 31.1. The predicted molar refractivity (Wildman–Crippen MR) is 386 cm³/mol. The first-order chi connectivity index (χ1) is 49.6. The lowest BCUT2D eigenvalue weighted by Crippen LogP contribution is -2.68. The molecule has 7 aliphatic rings. The number of nitrogens with zero attached hydrogens (tertiary/aromatic N) is 9. The molecule has 0 radical (unpaired) electrons. The van der Waals surface area contributed by atoms with Crippen molar-refractivity contribution in [1.82, 2.24) is 60.0 Å². The van der Waals surface area contributed by atoms with Crippen LogP contribution >= 0.6 is 0 Å². The number of carbonyl (C=O) groups is 12. The molecule has 105 heavy (non-hydrogen) atoms. The number of alkyl halides is 3. The Bertz CT molecular complexity index is 3080. The monoisotopic (exact) mass is 1480 g/mol. The van der Waals surface area contributed by atoms with Gasteiger partial charge in [0, 0.05) is 89.1 Å². The van der Waals surface area contributed by atoms with Crippen molar-refractivity contribution in [3.63, 3.8) is 0 Å². The SMILES string of the molecule is CCC[C@H]1C(=O)N[C@@H](CC(C)C)C(=O)N(CC)CC(=O)N(C)[C@H]2C/C=C\CCN(C2=O)[C@@H](CC2CCC(C)CC2)C(=O)N(C)CC(=O)N[C@@H](CCC2CCC(C(F)(F)F)C(OC)C2)C(=O)N2C[C@H](OCC)C[C@H]2C(=O)NC2(CCC2)C(=O)N(C)[C@@H](C2CCCC2)C(=O)N(C)[C@H](C(=O)N(C)C)CC(=O)N1C. The predicted octanol–water partition coefficient (Wildman–Crippen LogP) is 5.68. The highest BCUT2D eigenvalue weighted by Gasteiger charge is 2.54. The van der Waals surface area contributed by atoms with E-state index in [9.17, 15) is 41.9 Å². The number of hydrogen-bond acceptors (Lipinski definition) is 14. The third-order valence-electron chi connectivity index (χ3n) is 23.8. The molecule has 2 saturated heterocycles. The zero-order valence-electron chi connectivity index (χ0n) is 65.0. The maximum absolute atomic E-state index is 15.6. The second kappa shape index (κ2) is 38.3. The third kappa shape index (κ3) is 21.3. The first kappa shape index (κ1) is 85.3. The number of likely N-dealkylation sites (N-methyl/N-ethyl adjacent to an activating group) is 7. The van der Waals surface area contributed by atoms with Gasteiger partial charge in [0.2, 0.25) is 70.9 Å². The number of carbonyl (C=O) groups excluding carboxylic acids is 12. The number of halogens is 3. The first-order valence-electron chi connectivity index (χ1n) is 38.8. The standard InChI is InChI=1S/C76H123F3N12O14/c1-15-24-56-66(95)81-55(39-47(4)5)68(97)89(16-2)46-64(94)86(11)57-27-19-18-22-38-90(72(57)101)60(40-49-30-28-48(6)29-31-49)71(100)84(9)45-62(92)80-54(35-33-50-32-34-53(76(77,78)79)61(41-50)104-14)69(98)91-44-52(105-17-3)42-58(91)67(96)82-75(36-23-37-75)74(103)88(13)65(51-25-20-21-26-51)73(102)87(12)59(70(99)83(7)8)43-63(93)85(56)10/h18-19,47-61,65H,15-17,20-46H2,1-14H3,(H,80,92)(H,81,95)(H,82,96)/b19-18-/t48?,49?,50?,52-,53?,54+,55+,56+,57+,58+,59+,60+,61?,65+/m1/s1. The molecule has 29 heteroatoms. The van der Waals surface area contributed by atoms with E-state index in [-0.39, 0.29) is 121 Å². The molecule has 3 heterocycles. The van der Waals surface area contributed by atoms with E-state index in [0.717, 1.165) is 38.5 Å². The first-order valence-corrected chi connectivity index (χ1v) is 38.8. The Labute approximate surface area is 620 Å². The molecule has 0 aromatic carbocycles. The maximum atomic E-state index is 15.6. The van der Waals surface area contributed by atoms with Crippen molar-refractivity contribution < 1.29 is 80.2 Å². The second-order valence-corrected chi connectivity index (χ2v) is 31.8. The van der Waals surface area contributed by atoms with Crippen LogP contribution in [0.5, 0.6) is 0 Å². The molecule has 592 valence electrons. The summed E-state index contributed by atoms with van der Waals surface area (Å²) < 4.78 is 54.5. The van der Waals surface area contributed by atoms with Gasteiger partial charge in [-0.3, -0.25) is 57.5 Å². The van der Waals surface area contributed by atoms with Crippen molar-refractivity contribution >= 4 is 70.9 Å². The normalized spacial score (nSPS) is 31.4. The Morgan fingerprint density at radius 2 is 1.34 bits per heavy atom. The van der Waals surface area contributed by atoms with Gasteiger partial charge in [0.15, 0.2) is 0 Å². The number of nitrogens with one attached hydrogen (secondary N) is 3. The highest BCUT2D eigenvalue weighted by molar-refractivity contribution is 6.01.